The zero-order valence-electron chi connectivity index (χ0n) is 9.81. The largest absolute Gasteiger partial charge is 0.497 e. The number of hydrogen-bond acceptors (Lipinski definition) is 3. The van der Waals surface area contributed by atoms with Crippen molar-refractivity contribution in [3.63, 3.8) is 0 Å². The molecular formula is C14H16N2O. The molecule has 3 N–H and O–H groups in total. The molecule has 17 heavy (non-hydrogen) atoms. The molecule has 88 valence electrons. The van der Waals surface area contributed by atoms with E-state index in [1.54, 1.807) is 7.11 Å². The number of benzene rings is 2. The van der Waals surface area contributed by atoms with Crippen LogP contribution in [0.1, 0.15) is 5.56 Å². The van der Waals surface area contributed by atoms with Gasteiger partial charge < -0.3 is 15.8 Å². The van der Waals surface area contributed by atoms with Gasteiger partial charge in [-0.05, 0) is 35.9 Å². The maximum absolute atomic E-state index is 5.71. The Labute approximate surface area is 101 Å². The second kappa shape index (κ2) is 5.25. The first-order chi connectivity index (χ1) is 8.28. The number of rotatable bonds is 4. The van der Waals surface area contributed by atoms with Gasteiger partial charge in [0, 0.05) is 17.9 Å². The number of nitrogen functional groups attached to an aromatic ring is 1. The van der Waals surface area contributed by atoms with E-state index in [0.29, 0.717) is 0 Å². The molecule has 0 aliphatic heterocycles. The third-order valence-corrected chi connectivity index (χ3v) is 2.52. The Hall–Kier alpha value is -2.16. The minimum Gasteiger partial charge on any atom is -0.497 e. The summed E-state index contributed by atoms with van der Waals surface area (Å²) < 4.78 is 5.18. The van der Waals surface area contributed by atoms with Crippen LogP contribution in [0.3, 0.4) is 0 Å². The van der Waals surface area contributed by atoms with Crippen LogP contribution in [0, 0.1) is 0 Å². The molecule has 0 saturated heterocycles. The van der Waals surface area contributed by atoms with Gasteiger partial charge in [-0.2, -0.15) is 0 Å². The Morgan fingerprint density at radius 3 is 2.71 bits per heavy atom. The van der Waals surface area contributed by atoms with Gasteiger partial charge in [-0.3, -0.25) is 0 Å². The third-order valence-electron chi connectivity index (χ3n) is 2.52. The quantitative estimate of drug-likeness (QED) is 0.791. The highest BCUT2D eigenvalue weighted by atomic mass is 16.5. The molecule has 2 aromatic rings. The van der Waals surface area contributed by atoms with Gasteiger partial charge in [0.25, 0.3) is 0 Å². The molecule has 0 aliphatic rings. The van der Waals surface area contributed by atoms with Gasteiger partial charge in [0.05, 0.1) is 7.11 Å². The van der Waals surface area contributed by atoms with Crippen LogP contribution < -0.4 is 15.8 Å². The lowest BCUT2D eigenvalue weighted by Crippen LogP contribution is -2.00. The zero-order chi connectivity index (χ0) is 12.1. The van der Waals surface area contributed by atoms with E-state index < -0.39 is 0 Å². The fraction of sp³-hybridized carbons (Fsp3) is 0.143. The van der Waals surface area contributed by atoms with Crippen LogP contribution in [0.15, 0.2) is 48.5 Å². The van der Waals surface area contributed by atoms with Gasteiger partial charge >= 0.3 is 0 Å². The van der Waals surface area contributed by atoms with Gasteiger partial charge in [0.2, 0.25) is 0 Å². The SMILES string of the molecule is COc1cccc(CNc2cccc(N)c2)c1. The molecule has 0 aromatic heterocycles. The van der Waals surface area contributed by atoms with Crippen molar-refractivity contribution >= 4 is 11.4 Å². The molecule has 0 fully saturated rings. The van der Waals surface area contributed by atoms with Crippen LogP contribution in [0.25, 0.3) is 0 Å². The van der Waals surface area contributed by atoms with Crippen LogP contribution in [-0.2, 0) is 6.54 Å². The summed E-state index contributed by atoms with van der Waals surface area (Å²) in [5.74, 6) is 0.872. The molecule has 0 atom stereocenters. The van der Waals surface area contributed by atoms with Crippen molar-refractivity contribution in [2.24, 2.45) is 0 Å². The summed E-state index contributed by atoms with van der Waals surface area (Å²) in [4.78, 5) is 0. The molecule has 0 amide bonds. The molecular weight excluding hydrogens is 212 g/mol. The van der Waals surface area contributed by atoms with E-state index in [9.17, 15) is 0 Å². The molecule has 0 aliphatic carbocycles. The average molecular weight is 228 g/mol. The lowest BCUT2D eigenvalue weighted by atomic mass is 10.2. The number of nitrogens with one attached hydrogen (secondary N) is 1. The Balaban J connectivity index is 2.02. The van der Waals surface area contributed by atoms with Gasteiger partial charge in [0.15, 0.2) is 0 Å². The number of nitrogens with two attached hydrogens (primary N) is 1. The van der Waals surface area contributed by atoms with Crippen LogP contribution in [0.4, 0.5) is 11.4 Å². The van der Waals surface area contributed by atoms with E-state index in [0.717, 1.165) is 23.7 Å². The minimum atomic E-state index is 0.751. The van der Waals surface area contributed by atoms with E-state index in [1.807, 2.05) is 42.5 Å². The first kappa shape index (κ1) is 11.3. The molecule has 2 rings (SSSR count). The molecule has 0 saturated carbocycles. The van der Waals surface area contributed by atoms with Crippen molar-refractivity contribution in [1.29, 1.82) is 0 Å². The van der Waals surface area contributed by atoms with Crippen molar-refractivity contribution < 1.29 is 4.74 Å². The lowest BCUT2D eigenvalue weighted by Gasteiger charge is -2.08. The first-order valence-corrected chi connectivity index (χ1v) is 5.50. The molecule has 0 heterocycles. The Kier molecular flexibility index (Phi) is 3.50. The van der Waals surface area contributed by atoms with Crippen LogP contribution in [0.2, 0.25) is 0 Å². The highest BCUT2D eigenvalue weighted by molar-refractivity contribution is 5.54. The average Bonchev–Trinajstić information content (AvgIpc) is 2.37. The van der Waals surface area contributed by atoms with Crippen LogP contribution in [-0.4, -0.2) is 7.11 Å². The molecule has 0 spiro atoms. The van der Waals surface area contributed by atoms with E-state index in [-0.39, 0.29) is 0 Å². The van der Waals surface area contributed by atoms with Gasteiger partial charge in [-0.15, -0.1) is 0 Å². The Morgan fingerprint density at radius 1 is 1.12 bits per heavy atom. The first-order valence-electron chi connectivity index (χ1n) is 5.50. The van der Waals surface area contributed by atoms with E-state index in [4.69, 9.17) is 10.5 Å². The highest BCUT2D eigenvalue weighted by Crippen LogP contribution is 2.16. The predicted octanol–water partition coefficient (Wildman–Crippen LogP) is 2.89. The standard InChI is InChI=1S/C14H16N2O/c1-17-14-7-2-4-11(8-14)10-16-13-6-3-5-12(15)9-13/h2-9,16H,10,15H2,1H3. The maximum Gasteiger partial charge on any atom is 0.119 e. The topological polar surface area (TPSA) is 47.3 Å². The predicted molar refractivity (Wildman–Crippen MR) is 71.2 cm³/mol. The molecule has 3 heteroatoms. The van der Waals surface area contributed by atoms with Crippen molar-refractivity contribution in [3.05, 3.63) is 54.1 Å². The molecule has 0 unspecified atom stereocenters. The van der Waals surface area contributed by atoms with Crippen molar-refractivity contribution in [3.8, 4) is 5.75 Å². The number of ether oxygens (including phenoxy) is 1. The number of hydrogen-bond donors (Lipinski definition) is 2. The highest BCUT2D eigenvalue weighted by Gasteiger charge is 1.96. The second-order valence-corrected chi connectivity index (χ2v) is 3.83. The van der Waals surface area contributed by atoms with Crippen LogP contribution in [0.5, 0.6) is 5.75 Å². The smallest absolute Gasteiger partial charge is 0.119 e. The number of anilines is 2. The number of methoxy groups -OCH3 is 1. The fourth-order valence-corrected chi connectivity index (χ4v) is 1.64. The summed E-state index contributed by atoms with van der Waals surface area (Å²) in [7, 11) is 1.67. The fourth-order valence-electron chi connectivity index (χ4n) is 1.64. The summed E-state index contributed by atoms with van der Waals surface area (Å²) in [5.41, 5.74) is 8.67. The van der Waals surface area contributed by atoms with Gasteiger partial charge in [-0.25, -0.2) is 0 Å². The molecule has 3 nitrogen and oxygen atoms in total. The van der Waals surface area contributed by atoms with Crippen molar-refractivity contribution in [1.82, 2.24) is 0 Å². The molecule has 0 radical (unpaired) electrons. The Morgan fingerprint density at radius 2 is 1.94 bits per heavy atom. The normalized spacial score (nSPS) is 9.94. The van der Waals surface area contributed by atoms with E-state index >= 15 is 0 Å². The van der Waals surface area contributed by atoms with Crippen molar-refractivity contribution in [2.75, 3.05) is 18.2 Å². The lowest BCUT2D eigenvalue weighted by molar-refractivity contribution is 0.414. The summed E-state index contributed by atoms with van der Waals surface area (Å²) in [6.07, 6.45) is 0. The Bertz CT molecular complexity index is 497. The van der Waals surface area contributed by atoms with Gasteiger partial charge in [0.1, 0.15) is 5.75 Å². The summed E-state index contributed by atoms with van der Waals surface area (Å²) >= 11 is 0. The monoisotopic (exact) mass is 228 g/mol. The molecule has 2 aromatic carbocycles. The van der Waals surface area contributed by atoms with Gasteiger partial charge in [-0.1, -0.05) is 18.2 Å². The van der Waals surface area contributed by atoms with Crippen LogP contribution >= 0.6 is 0 Å². The maximum atomic E-state index is 5.71. The summed E-state index contributed by atoms with van der Waals surface area (Å²) in [6, 6.07) is 15.7. The second-order valence-electron chi connectivity index (χ2n) is 3.83. The van der Waals surface area contributed by atoms with E-state index in [1.165, 1.54) is 5.56 Å². The minimum absolute atomic E-state index is 0.751. The molecule has 0 bridgehead atoms. The third kappa shape index (κ3) is 3.14. The summed E-state index contributed by atoms with van der Waals surface area (Å²) in [6.45, 7) is 0.751. The zero-order valence-corrected chi connectivity index (χ0v) is 9.81. The summed E-state index contributed by atoms with van der Waals surface area (Å²) in [5, 5.41) is 3.32. The van der Waals surface area contributed by atoms with Crippen molar-refractivity contribution in [2.45, 2.75) is 6.54 Å². The van der Waals surface area contributed by atoms with E-state index in [2.05, 4.69) is 11.4 Å².